The van der Waals surface area contributed by atoms with Crippen LogP contribution in [0.3, 0.4) is 0 Å². The Hall–Kier alpha value is -1.01. The molecule has 0 saturated heterocycles. The van der Waals surface area contributed by atoms with Crippen molar-refractivity contribution >= 4 is 11.8 Å². The molecular formula is C11H17N3O2S. The molecule has 6 heteroatoms. The van der Waals surface area contributed by atoms with Crippen molar-refractivity contribution in [2.45, 2.75) is 48.7 Å². The van der Waals surface area contributed by atoms with E-state index >= 15 is 0 Å². The van der Waals surface area contributed by atoms with E-state index in [2.05, 4.69) is 16.8 Å². The van der Waals surface area contributed by atoms with E-state index in [9.17, 15) is 9.90 Å². The Bertz CT molecular complexity index is 440. The quantitative estimate of drug-likeness (QED) is 0.792. The van der Waals surface area contributed by atoms with E-state index in [4.69, 9.17) is 0 Å². The Kier molecular flexibility index (Phi) is 4.06. The van der Waals surface area contributed by atoms with Crippen molar-refractivity contribution in [2.24, 2.45) is 0 Å². The van der Waals surface area contributed by atoms with Crippen molar-refractivity contribution in [1.82, 2.24) is 14.8 Å². The zero-order valence-corrected chi connectivity index (χ0v) is 10.4. The van der Waals surface area contributed by atoms with Crippen molar-refractivity contribution in [3.8, 4) is 0 Å². The number of aliphatic hydroxyl groups is 1. The van der Waals surface area contributed by atoms with Crippen LogP contribution in [0.2, 0.25) is 0 Å². The molecule has 1 aliphatic rings. The van der Waals surface area contributed by atoms with E-state index in [1.165, 1.54) is 11.8 Å². The van der Waals surface area contributed by atoms with Crippen LogP contribution in [-0.4, -0.2) is 31.2 Å². The Morgan fingerprint density at radius 2 is 2.35 bits per heavy atom. The second-order valence-corrected chi connectivity index (χ2v) is 5.43. The molecule has 0 spiro atoms. The Labute approximate surface area is 104 Å². The second-order valence-electron chi connectivity index (χ2n) is 4.22. The molecule has 1 saturated carbocycles. The molecule has 2 rings (SSSR count). The zero-order valence-electron chi connectivity index (χ0n) is 9.63. The Balaban J connectivity index is 2.12. The first-order valence-corrected chi connectivity index (χ1v) is 6.71. The molecule has 1 aliphatic carbocycles. The SMILES string of the molecule is C=CCn1c(S[C@@H]2CCCC[C@@H]2O)n[nH]c1=O. The molecular weight excluding hydrogens is 238 g/mol. The molecule has 2 N–H and O–H groups in total. The highest BCUT2D eigenvalue weighted by molar-refractivity contribution is 7.99. The van der Waals surface area contributed by atoms with E-state index in [-0.39, 0.29) is 17.0 Å². The van der Waals surface area contributed by atoms with Gasteiger partial charge in [0.1, 0.15) is 0 Å². The summed E-state index contributed by atoms with van der Waals surface area (Å²) in [4.78, 5) is 11.5. The lowest BCUT2D eigenvalue weighted by Crippen LogP contribution is -2.27. The summed E-state index contributed by atoms with van der Waals surface area (Å²) in [7, 11) is 0. The molecule has 94 valence electrons. The molecule has 0 amide bonds. The maximum Gasteiger partial charge on any atom is 0.344 e. The van der Waals surface area contributed by atoms with Gasteiger partial charge in [-0.3, -0.25) is 4.57 Å². The minimum atomic E-state index is -0.294. The molecule has 1 aromatic heterocycles. The van der Waals surface area contributed by atoms with Crippen LogP contribution >= 0.6 is 11.8 Å². The minimum Gasteiger partial charge on any atom is -0.392 e. The molecule has 1 fully saturated rings. The van der Waals surface area contributed by atoms with Crippen LogP contribution < -0.4 is 5.69 Å². The third-order valence-corrected chi connectivity index (χ3v) is 4.33. The third kappa shape index (κ3) is 2.81. The van der Waals surface area contributed by atoms with Gasteiger partial charge in [0.15, 0.2) is 5.16 Å². The van der Waals surface area contributed by atoms with Crippen LogP contribution in [-0.2, 0) is 6.54 Å². The molecule has 0 radical (unpaired) electrons. The number of aromatic nitrogens is 3. The largest absolute Gasteiger partial charge is 0.392 e. The minimum absolute atomic E-state index is 0.141. The average Bonchev–Trinajstić information content (AvgIpc) is 2.65. The van der Waals surface area contributed by atoms with E-state index in [0.29, 0.717) is 11.7 Å². The molecule has 0 unspecified atom stereocenters. The van der Waals surface area contributed by atoms with Gasteiger partial charge in [0.25, 0.3) is 0 Å². The van der Waals surface area contributed by atoms with Gasteiger partial charge in [0.2, 0.25) is 0 Å². The smallest absolute Gasteiger partial charge is 0.344 e. The topological polar surface area (TPSA) is 70.9 Å². The van der Waals surface area contributed by atoms with Gasteiger partial charge < -0.3 is 5.11 Å². The van der Waals surface area contributed by atoms with E-state index < -0.39 is 0 Å². The number of aromatic amines is 1. The molecule has 1 aromatic rings. The van der Waals surface area contributed by atoms with Gasteiger partial charge in [-0.1, -0.05) is 30.7 Å². The van der Waals surface area contributed by atoms with Gasteiger partial charge in [0, 0.05) is 11.8 Å². The molecule has 2 atom stereocenters. The Morgan fingerprint density at radius 1 is 1.59 bits per heavy atom. The summed E-state index contributed by atoms with van der Waals surface area (Å²) < 4.78 is 1.54. The van der Waals surface area contributed by atoms with Crippen molar-refractivity contribution in [3.63, 3.8) is 0 Å². The lowest BCUT2D eigenvalue weighted by atomic mass is 9.97. The lowest BCUT2D eigenvalue weighted by Gasteiger charge is -2.26. The average molecular weight is 255 g/mol. The number of hydrogen-bond donors (Lipinski definition) is 2. The number of nitrogens with zero attached hydrogens (tertiary/aromatic N) is 2. The maximum atomic E-state index is 11.5. The van der Waals surface area contributed by atoms with Crippen LogP contribution in [0.4, 0.5) is 0 Å². The first-order chi connectivity index (χ1) is 8.22. The fraction of sp³-hybridized carbons (Fsp3) is 0.636. The summed E-state index contributed by atoms with van der Waals surface area (Å²) in [6.45, 7) is 4.06. The second kappa shape index (κ2) is 5.55. The van der Waals surface area contributed by atoms with Gasteiger partial charge in [-0.2, -0.15) is 0 Å². The van der Waals surface area contributed by atoms with Crippen molar-refractivity contribution < 1.29 is 5.11 Å². The summed E-state index contributed by atoms with van der Waals surface area (Å²) in [5.41, 5.74) is -0.224. The highest BCUT2D eigenvalue weighted by Gasteiger charge is 2.26. The number of rotatable bonds is 4. The van der Waals surface area contributed by atoms with Gasteiger partial charge in [0.05, 0.1) is 6.10 Å². The van der Waals surface area contributed by atoms with Crippen LogP contribution in [0.1, 0.15) is 25.7 Å². The summed E-state index contributed by atoms with van der Waals surface area (Å²) in [6.07, 6.45) is 5.40. The van der Waals surface area contributed by atoms with E-state index in [1.54, 1.807) is 10.6 Å². The molecule has 5 nitrogen and oxygen atoms in total. The van der Waals surface area contributed by atoms with Crippen molar-refractivity contribution in [1.29, 1.82) is 0 Å². The molecule has 1 heterocycles. The first kappa shape index (κ1) is 12.4. The predicted molar refractivity (Wildman–Crippen MR) is 67.2 cm³/mol. The number of nitrogens with one attached hydrogen (secondary N) is 1. The summed E-state index contributed by atoms with van der Waals surface area (Å²) in [5, 5.41) is 17.1. The molecule has 0 aromatic carbocycles. The third-order valence-electron chi connectivity index (χ3n) is 2.96. The number of thioether (sulfide) groups is 1. The lowest BCUT2D eigenvalue weighted by molar-refractivity contribution is 0.137. The summed E-state index contributed by atoms with van der Waals surface area (Å²) in [5.74, 6) is 0. The fourth-order valence-electron chi connectivity index (χ4n) is 2.03. The number of allylic oxidation sites excluding steroid dienone is 1. The van der Waals surface area contributed by atoms with Gasteiger partial charge in [-0.05, 0) is 12.8 Å². The molecule has 0 aliphatic heterocycles. The number of H-pyrrole nitrogens is 1. The van der Waals surface area contributed by atoms with E-state index in [0.717, 1.165) is 25.7 Å². The normalized spacial score (nSPS) is 24.8. The van der Waals surface area contributed by atoms with Gasteiger partial charge >= 0.3 is 5.69 Å². The van der Waals surface area contributed by atoms with Crippen molar-refractivity contribution in [3.05, 3.63) is 23.1 Å². The highest BCUT2D eigenvalue weighted by Crippen LogP contribution is 2.32. The van der Waals surface area contributed by atoms with Gasteiger partial charge in [-0.15, -0.1) is 11.7 Å². The number of aliphatic hydroxyl groups excluding tert-OH is 1. The summed E-state index contributed by atoms with van der Waals surface area (Å²) >= 11 is 1.48. The highest BCUT2D eigenvalue weighted by atomic mass is 32.2. The first-order valence-electron chi connectivity index (χ1n) is 5.83. The van der Waals surface area contributed by atoms with Crippen LogP contribution in [0, 0.1) is 0 Å². The monoisotopic (exact) mass is 255 g/mol. The fourth-order valence-corrected chi connectivity index (χ4v) is 3.26. The van der Waals surface area contributed by atoms with Gasteiger partial charge in [-0.25, -0.2) is 9.89 Å². The van der Waals surface area contributed by atoms with Crippen molar-refractivity contribution in [2.75, 3.05) is 0 Å². The van der Waals surface area contributed by atoms with Crippen LogP contribution in [0.5, 0.6) is 0 Å². The molecule has 17 heavy (non-hydrogen) atoms. The van der Waals surface area contributed by atoms with Crippen LogP contribution in [0.15, 0.2) is 22.6 Å². The molecule has 0 bridgehead atoms. The summed E-state index contributed by atoms with van der Waals surface area (Å²) in [6, 6.07) is 0. The predicted octanol–water partition coefficient (Wildman–Crippen LogP) is 1.15. The Morgan fingerprint density at radius 3 is 3.06 bits per heavy atom. The standard InChI is InChI=1S/C11H17N3O2S/c1-2-7-14-10(16)12-13-11(14)17-9-6-4-3-5-8(9)15/h2,8-9,15H,1,3-7H2,(H,12,16)/t8-,9+/m0/s1. The van der Waals surface area contributed by atoms with E-state index in [1.807, 2.05) is 0 Å². The number of hydrogen-bond acceptors (Lipinski definition) is 4. The maximum absolute atomic E-state index is 11.5. The zero-order chi connectivity index (χ0) is 12.3. The van der Waals surface area contributed by atoms with Crippen LogP contribution in [0.25, 0.3) is 0 Å².